The van der Waals surface area contributed by atoms with Crippen LogP contribution in [0.1, 0.15) is 18.4 Å². The van der Waals surface area contributed by atoms with Gasteiger partial charge in [-0.25, -0.2) is 8.42 Å². The molecule has 1 aromatic carbocycles. The first-order chi connectivity index (χ1) is 11.7. The van der Waals surface area contributed by atoms with Gasteiger partial charge in [-0.2, -0.15) is 0 Å². The van der Waals surface area contributed by atoms with Crippen molar-refractivity contribution in [3.05, 3.63) is 34.9 Å². The van der Waals surface area contributed by atoms with Crippen molar-refractivity contribution in [1.29, 1.82) is 0 Å². The Bertz CT molecular complexity index is 778. The number of hydrogen-bond donors (Lipinski definition) is 0. The van der Waals surface area contributed by atoms with Crippen molar-refractivity contribution in [2.75, 3.05) is 25.1 Å². The van der Waals surface area contributed by atoms with Crippen LogP contribution < -0.4 is 0 Å². The van der Waals surface area contributed by atoms with Crippen molar-refractivity contribution in [3.8, 4) is 0 Å². The summed E-state index contributed by atoms with van der Waals surface area (Å²) in [6.07, 6.45) is 0.649. The normalized spacial score (nSPS) is 25.4. The Labute approximate surface area is 152 Å². The molecule has 2 unspecified atom stereocenters. The van der Waals surface area contributed by atoms with Crippen molar-refractivity contribution in [2.24, 2.45) is 5.92 Å². The summed E-state index contributed by atoms with van der Waals surface area (Å²) in [5, 5.41) is 0.637. The number of nitrogens with zero attached hydrogens (tertiary/aromatic N) is 2. The number of benzene rings is 1. The molecule has 2 aliphatic heterocycles. The molecule has 2 atom stereocenters. The first-order valence-corrected chi connectivity index (χ1v) is 10.4. The molecule has 2 aliphatic rings. The molecule has 2 fully saturated rings. The molecule has 0 aliphatic carbocycles. The Morgan fingerprint density at radius 2 is 2.00 bits per heavy atom. The SMILES string of the molecule is CN(C(=O)C1CC(=O)N(Cc2ccc(Cl)cc2)C1)C1CCS(=O)(=O)C1. The van der Waals surface area contributed by atoms with Crippen LogP contribution in [0.2, 0.25) is 5.02 Å². The summed E-state index contributed by atoms with van der Waals surface area (Å²) in [4.78, 5) is 28.1. The lowest BCUT2D eigenvalue weighted by molar-refractivity contribution is -0.136. The van der Waals surface area contributed by atoms with Crippen molar-refractivity contribution in [1.82, 2.24) is 9.80 Å². The number of halogens is 1. The molecule has 6 nitrogen and oxygen atoms in total. The molecule has 136 valence electrons. The highest BCUT2D eigenvalue weighted by Gasteiger charge is 2.39. The first kappa shape index (κ1) is 18.2. The lowest BCUT2D eigenvalue weighted by Crippen LogP contribution is -2.42. The van der Waals surface area contributed by atoms with Crippen LogP contribution in [0.25, 0.3) is 0 Å². The number of carbonyl (C=O) groups is 2. The van der Waals surface area contributed by atoms with Crippen molar-refractivity contribution in [3.63, 3.8) is 0 Å². The Hall–Kier alpha value is -1.60. The van der Waals surface area contributed by atoms with Gasteiger partial charge in [0, 0.05) is 37.6 Å². The molecule has 0 spiro atoms. The maximum atomic E-state index is 12.7. The molecule has 1 aromatic rings. The van der Waals surface area contributed by atoms with Gasteiger partial charge in [-0.3, -0.25) is 9.59 Å². The van der Waals surface area contributed by atoms with E-state index in [1.165, 1.54) is 4.90 Å². The Morgan fingerprint density at radius 1 is 1.32 bits per heavy atom. The molecule has 2 heterocycles. The molecule has 3 rings (SSSR count). The average molecular weight is 385 g/mol. The van der Waals surface area contributed by atoms with E-state index >= 15 is 0 Å². The monoisotopic (exact) mass is 384 g/mol. The van der Waals surface area contributed by atoms with Gasteiger partial charge in [-0.1, -0.05) is 23.7 Å². The summed E-state index contributed by atoms with van der Waals surface area (Å²) in [5.41, 5.74) is 0.959. The van der Waals surface area contributed by atoms with E-state index in [0.717, 1.165) is 5.56 Å². The second kappa shape index (κ2) is 6.96. The van der Waals surface area contributed by atoms with E-state index in [1.807, 2.05) is 12.1 Å². The van der Waals surface area contributed by atoms with Crippen LogP contribution in [-0.4, -0.2) is 61.2 Å². The van der Waals surface area contributed by atoms with E-state index in [-0.39, 0.29) is 35.8 Å². The van der Waals surface area contributed by atoms with Crippen molar-refractivity contribution < 1.29 is 18.0 Å². The third-order valence-corrected chi connectivity index (χ3v) is 6.96. The zero-order chi connectivity index (χ0) is 18.2. The Morgan fingerprint density at radius 3 is 2.60 bits per heavy atom. The molecule has 0 N–H and O–H groups in total. The van der Waals surface area contributed by atoms with Crippen LogP contribution in [0, 0.1) is 5.92 Å². The molecule has 0 aromatic heterocycles. The lowest BCUT2D eigenvalue weighted by Gasteiger charge is -2.26. The van der Waals surface area contributed by atoms with E-state index in [2.05, 4.69) is 0 Å². The largest absolute Gasteiger partial charge is 0.341 e. The van der Waals surface area contributed by atoms with Crippen LogP contribution in [-0.2, 0) is 26.0 Å². The van der Waals surface area contributed by atoms with Gasteiger partial charge in [0.2, 0.25) is 11.8 Å². The summed E-state index contributed by atoms with van der Waals surface area (Å²) in [6.45, 7) is 0.811. The zero-order valence-corrected chi connectivity index (χ0v) is 15.6. The van der Waals surface area contributed by atoms with Gasteiger partial charge in [0.15, 0.2) is 9.84 Å². The average Bonchev–Trinajstić information content (AvgIpc) is 3.11. The topological polar surface area (TPSA) is 74.8 Å². The smallest absolute Gasteiger partial charge is 0.228 e. The predicted octanol–water partition coefficient (Wildman–Crippen LogP) is 1.33. The molecule has 8 heteroatoms. The highest BCUT2D eigenvalue weighted by atomic mass is 35.5. The third-order valence-electron chi connectivity index (χ3n) is 4.95. The van der Waals surface area contributed by atoms with Gasteiger partial charge >= 0.3 is 0 Å². The minimum absolute atomic E-state index is 0.0182. The molecule has 0 radical (unpaired) electrons. The third kappa shape index (κ3) is 4.15. The fourth-order valence-corrected chi connectivity index (χ4v) is 5.35. The van der Waals surface area contributed by atoms with Crippen LogP contribution in [0.3, 0.4) is 0 Å². The first-order valence-electron chi connectivity index (χ1n) is 8.24. The second-order valence-corrected chi connectivity index (χ2v) is 9.47. The molecule has 0 bridgehead atoms. The maximum absolute atomic E-state index is 12.7. The minimum atomic E-state index is -3.05. The summed E-state index contributed by atoms with van der Waals surface area (Å²) >= 11 is 5.87. The number of hydrogen-bond acceptors (Lipinski definition) is 4. The number of rotatable bonds is 4. The number of likely N-dealkylation sites (tertiary alicyclic amines) is 1. The van der Waals surface area contributed by atoms with E-state index in [9.17, 15) is 18.0 Å². The van der Waals surface area contributed by atoms with E-state index in [0.29, 0.717) is 24.5 Å². The van der Waals surface area contributed by atoms with E-state index in [1.54, 1.807) is 24.1 Å². The lowest BCUT2D eigenvalue weighted by atomic mass is 10.1. The quantitative estimate of drug-likeness (QED) is 0.785. The molecule has 25 heavy (non-hydrogen) atoms. The van der Waals surface area contributed by atoms with Gasteiger partial charge in [-0.05, 0) is 24.1 Å². The van der Waals surface area contributed by atoms with Crippen molar-refractivity contribution in [2.45, 2.75) is 25.4 Å². The van der Waals surface area contributed by atoms with E-state index < -0.39 is 15.8 Å². The molecule has 2 saturated heterocycles. The summed E-state index contributed by atoms with van der Waals surface area (Å²) < 4.78 is 23.2. The van der Waals surface area contributed by atoms with Crippen LogP contribution >= 0.6 is 11.6 Å². The number of sulfone groups is 1. The molecule has 0 saturated carbocycles. The standard InChI is InChI=1S/C17H21ClN2O4S/c1-19(15-6-7-25(23,24)11-15)17(22)13-8-16(21)20(10-13)9-12-2-4-14(18)5-3-12/h2-5,13,15H,6-11H2,1H3. The molecular formula is C17H21ClN2O4S. The van der Waals surface area contributed by atoms with Gasteiger partial charge in [0.05, 0.1) is 17.4 Å². The van der Waals surface area contributed by atoms with Crippen LogP contribution in [0.4, 0.5) is 0 Å². The zero-order valence-electron chi connectivity index (χ0n) is 14.0. The fraction of sp³-hybridized carbons (Fsp3) is 0.529. The van der Waals surface area contributed by atoms with Gasteiger partial charge in [-0.15, -0.1) is 0 Å². The second-order valence-electron chi connectivity index (χ2n) is 6.81. The van der Waals surface area contributed by atoms with Gasteiger partial charge < -0.3 is 9.80 Å². The van der Waals surface area contributed by atoms with Crippen LogP contribution in [0.5, 0.6) is 0 Å². The number of carbonyl (C=O) groups excluding carboxylic acids is 2. The summed E-state index contributed by atoms with van der Waals surface area (Å²) in [6, 6.07) is 6.99. The summed E-state index contributed by atoms with van der Waals surface area (Å²) in [7, 11) is -1.41. The number of amides is 2. The van der Waals surface area contributed by atoms with Crippen molar-refractivity contribution >= 4 is 33.3 Å². The maximum Gasteiger partial charge on any atom is 0.228 e. The fourth-order valence-electron chi connectivity index (χ4n) is 3.45. The highest BCUT2D eigenvalue weighted by Crippen LogP contribution is 2.25. The molecule has 2 amide bonds. The Balaban J connectivity index is 1.61. The van der Waals surface area contributed by atoms with Gasteiger partial charge in [0.25, 0.3) is 0 Å². The minimum Gasteiger partial charge on any atom is -0.341 e. The van der Waals surface area contributed by atoms with Crippen LogP contribution in [0.15, 0.2) is 24.3 Å². The molecular weight excluding hydrogens is 364 g/mol. The van der Waals surface area contributed by atoms with Gasteiger partial charge in [0.1, 0.15) is 0 Å². The van der Waals surface area contributed by atoms with E-state index in [4.69, 9.17) is 11.6 Å². The summed E-state index contributed by atoms with van der Waals surface area (Å²) in [5.74, 6) is -0.464. The Kier molecular flexibility index (Phi) is 5.06. The predicted molar refractivity (Wildman–Crippen MR) is 94.8 cm³/mol. The highest BCUT2D eigenvalue weighted by molar-refractivity contribution is 7.91.